The van der Waals surface area contributed by atoms with Crippen LogP contribution in [0.2, 0.25) is 0 Å². The van der Waals surface area contributed by atoms with Crippen molar-refractivity contribution in [3.05, 3.63) is 46.4 Å². The normalized spacial score (nSPS) is 11.4. The first-order valence-electron chi connectivity index (χ1n) is 7.57. The largest absolute Gasteiger partial charge is 0.507 e. The predicted octanol–water partition coefficient (Wildman–Crippen LogP) is 3.36. The molecular formula is C18H18BrNO6. The Morgan fingerprint density at radius 2 is 1.69 bits per heavy atom. The molecule has 1 unspecified atom stereocenters. The molecule has 2 N–H and O–H groups in total. The summed E-state index contributed by atoms with van der Waals surface area (Å²) >= 11 is 3.21. The Bertz CT molecular complexity index is 801. The maximum atomic E-state index is 12.3. The van der Waals surface area contributed by atoms with Gasteiger partial charge in [-0.15, -0.1) is 0 Å². The first-order valence-corrected chi connectivity index (χ1v) is 8.36. The number of rotatable bonds is 6. The lowest BCUT2D eigenvalue weighted by Gasteiger charge is -2.15. The first kappa shape index (κ1) is 19.6. The number of halogens is 1. The Kier molecular flexibility index (Phi) is 6.46. The molecule has 0 radical (unpaired) electrons. The van der Waals surface area contributed by atoms with Crippen molar-refractivity contribution in [2.75, 3.05) is 19.5 Å². The minimum atomic E-state index is -1.09. The van der Waals surface area contributed by atoms with Crippen LogP contribution in [0.25, 0.3) is 0 Å². The number of phenolic OH excluding ortho intramolecular Hbond substituents is 1. The molecule has 0 fully saturated rings. The molecule has 0 aliphatic rings. The van der Waals surface area contributed by atoms with E-state index in [1.165, 1.54) is 33.3 Å². The number of benzene rings is 2. The monoisotopic (exact) mass is 423 g/mol. The fraction of sp³-hybridized carbons (Fsp3) is 0.222. The summed E-state index contributed by atoms with van der Waals surface area (Å²) in [6, 6.07) is 9.22. The molecule has 8 heteroatoms. The maximum absolute atomic E-state index is 12.3. The molecule has 7 nitrogen and oxygen atoms in total. The molecule has 0 aliphatic carbocycles. The van der Waals surface area contributed by atoms with Crippen LogP contribution in [0, 0.1) is 0 Å². The van der Waals surface area contributed by atoms with Gasteiger partial charge in [-0.25, -0.2) is 4.79 Å². The van der Waals surface area contributed by atoms with Crippen LogP contribution in [0.5, 0.6) is 17.2 Å². The third-order valence-corrected chi connectivity index (χ3v) is 3.94. The topological polar surface area (TPSA) is 94.1 Å². The Morgan fingerprint density at radius 3 is 2.27 bits per heavy atom. The van der Waals surface area contributed by atoms with Crippen LogP contribution in [0.15, 0.2) is 40.9 Å². The van der Waals surface area contributed by atoms with Crippen molar-refractivity contribution in [1.29, 1.82) is 0 Å². The highest BCUT2D eigenvalue weighted by atomic mass is 79.9. The van der Waals surface area contributed by atoms with Crippen LogP contribution in [0.1, 0.15) is 17.3 Å². The molecule has 0 bridgehead atoms. The van der Waals surface area contributed by atoms with E-state index in [1.54, 1.807) is 24.3 Å². The van der Waals surface area contributed by atoms with Crippen molar-refractivity contribution in [2.45, 2.75) is 13.0 Å². The molecule has 1 amide bonds. The Hall–Kier alpha value is -2.74. The Morgan fingerprint density at radius 1 is 1.08 bits per heavy atom. The number of nitrogens with one attached hydrogen (secondary N) is 1. The second kappa shape index (κ2) is 8.57. The zero-order valence-corrected chi connectivity index (χ0v) is 16.0. The van der Waals surface area contributed by atoms with Crippen molar-refractivity contribution in [3.8, 4) is 17.2 Å². The number of carbonyl (C=O) groups is 2. The summed E-state index contributed by atoms with van der Waals surface area (Å²) in [4.78, 5) is 24.5. The number of methoxy groups -OCH3 is 2. The molecule has 2 rings (SSSR count). The van der Waals surface area contributed by atoms with Gasteiger partial charge < -0.3 is 24.6 Å². The van der Waals surface area contributed by atoms with Gasteiger partial charge in [0.15, 0.2) is 6.10 Å². The number of aromatic hydroxyl groups is 1. The molecule has 26 heavy (non-hydrogen) atoms. The van der Waals surface area contributed by atoms with Crippen molar-refractivity contribution < 1.29 is 28.9 Å². The lowest BCUT2D eigenvalue weighted by Crippen LogP contribution is -2.30. The van der Waals surface area contributed by atoms with Gasteiger partial charge in [0.05, 0.1) is 14.2 Å². The number of hydrogen-bond donors (Lipinski definition) is 2. The van der Waals surface area contributed by atoms with Crippen molar-refractivity contribution in [3.63, 3.8) is 0 Å². The van der Waals surface area contributed by atoms with Gasteiger partial charge in [0.1, 0.15) is 22.8 Å². The Balaban J connectivity index is 2.08. The van der Waals surface area contributed by atoms with Crippen LogP contribution in [0.4, 0.5) is 5.69 Å². The molecule has 0 saturated heterocycles. The van der Waals surface area contributed by atoms with Crippen LogP contribution < -0.4 is 14.8 Å². The number of amides is 1. The van der Waals surface area contributed by atoms with E-state index in [-0.39, 0.29) is 11.3 Å². The quantitative estimate of drug-likeness (QED) is 0.691. The van der Waals surface area contributed by atoms with E-state index in [1.807, 2.05) is 0 Å². The van der Waals surface area contributed by atoms with E-state index < -0.39 is 18.0 Å². The van der Waals surface area contributed by atoms with E-state index >= 15 is 0 Å². The number of anilines is 1. The fourth-order valence-electron chi connectivity index (χ4n) is 2.07. The van der Waals surface area contributed by atoms with Gasteiger partial charge in [0, 0.05) is 28.4 Å². The Labute approximate surface area is 159 Å². The van der Waals surface area contributed by atoms with E-state index in [4.69, 9.17) is 14.2 Å². The molecule has 1 atom stereocenters. The minimum absolute atomic E-state index is 0.0397. The summed E-state index contributed by atoms with van der Waals surface area (Å²) in [5.41, 5.74) is 0.390. The highest BCUT2D eigenvalue weighted by molar-refractivity contribution is 9.10. The van der Waals surface area contributed by atoms with E-state index in [0.29, 0.717) is 21.7 Å². The van der Waals surface area contributed by atoms with E-state index in [0.717, 1.165) is 0 Å². The van der Waals surface area contributed by atoms with Crippen LogP contribution in [-0.2, 0) is 9.53 Å². The van der Waals surface area contributed by atoms with Gasteiger partial charge in [-0.2, -0.15) is 0 Å². The average Bonchev–Trinajstić information content (AvgIpc) is 2.62. The van der Waals surface area contributed by atoms with Crippen LogP contribution in [-0.4, -0.2) is 37.3 Å². The van der Waals surface area contributed by atoms with Crippen molar-refractivity contribution >= 4 is 33.5 Å². The van der Waals surface area contributed by atoms with Gasteiger partial charge in [0.25, 0.3) is 5.91 Å². The fourth-order valence-corrected chi connectivity index (χ4v) is 2.43. The van der Waals surface area contributed by atoms with Crippen LogP contribution in [0.3, 0.4) is 0 Å². The summed E-state index contributed by atoms with van der Waals surface area (Å²) in [5, 5.41) is 12.4. The molecule has 0 saturated carbocycles. The molecular weight excluding hydrogens is 406 g/mol. The molecule has 138 valence electrons. The lowest BCUT2D eigenvalue weighted by molar-refractivity contribution is -0.123. The van der Waals surface area contributed by atoms with Gasteiger partial charge in [-0.3, -0.25) is 4.79 Å². The number of ether oxygens (including phenoxy) is 3. The standard InChI is InChI=1S/C18H18BrNO6/c1-10(26-18(23)15-6-11(19)4-5-16(15)21)17(22)20-12-7-13(24-2)9-14(8-12)25-3/h4-10,21H,1-3H3,(H,20,22). The highest BCUT2D eigenvalue weighted by Crippen LogP contribution is 2.26. The summed E-state index contributed by atoms with van der Waals surface area (Å²) in [6.45, 7) is 1.43. The third-order valence-electron chi connectivity index (χ3n) is 3.45. The summed E-state index contributed by atoms with van der Waals surface area (Å²) in [6.07, 6.45) is -1.09. The van der Waals surface area contributed by atoms with E-state index in [2.05, 4.69) is 21.2 Å². The summed E-state index contributed by atoms with van der Waals surface area (Å²) < 4.78 is 16.0. The lowest BCUT2D eigenvalue weighted by atomic mass is 10.2. The van der Waals surface area contributed by atoms with Gasteiger partial charge in [-0.1, -0.05) is 15.9 Å². The number of phenols is 1. The summed E-state index contributed by atoms with van der Waals surface area (Å²) in [5.74, 6) is -0.576. The van der Waals surface area contributed by atoms with Gasteiger partial charge in [-0.05, 0) is 25.1 Å². The second-order valence-electron chi connectivity index (χ2n) is 5.30. The third kappa shape index (κ3) is 4.89. The number of carbonyl (C=O) groups excluding carboxylic acids is 2. The summed E-state index contributed by atoms with van der Waals surface area (Å²) in [7, 11) is 2.99. The number of esters is 1. The predicted molar refractivity (Wildman–Crippen MR) is 98.9 cm³/mol. The average molecular weight is 424 g/mol. The molecule has 0 aliphatic heterocycles. The van der Waals surface area contributed by atoms with Gasteiger partial charge in [0.2, 0.25) is 0 Å². The first-order chi connectivity index (χ1) is 12.3. The van der Waals surface area contributed by atoms with Crippen LogP contribution >= 0.6 is 15.9 Å². The molecule has 2 aromatic rings. The SMILES string of the molecule is COc1cc(NC(=O)C(C)OC(=O)c2cc(Br)ccc2O)cc(OC)c1. The zero-order valence-electron chi connectivity index (χ0n) is 14.4. The van der Waals surface area contributed by atoms with Crippen molar-refractivity contribution in [1.82, 2.24) is 0 Å². The second-order valence-corrected chi connectivity index (χ2v) is 6.22. The molecule has 0 heterocycles. The maximum Gasteiger partial charge on any atom is 0.342 e. The minimum Gasteiger partial charge on any atom is -0.507 e. The van der Waals surface area contributed by atoms with Crippen molar-refractivity contribution in [2.24, 2.45) is 0 Å². The molecule has 0 spiro atoms. The highest BCUT2D eigenvalue weighted by Gasteiger charge is 2.21. The van der Waals surface area contributed by atoms with Gasteiger partial charge >= 0.3 is 5.97 Å². The molecule has 0 aromatic heterocycles. The zero-order chi connectivity index (χ0) is 19.3. The van der Waals surface area contributed by atoms with E-state index in [9.17, 15) is 14.7 Å². The smallest absolute Gasteiger partial charge is 0.342 e. The molecule has 2 aromatic carbocycles. The number of hydrogen-bond acceptors (Lipinski definition) is 6.